The van der Waals surface area contributed by atoms with E-state index in [1.807, 2.05) is 144 Å². The highest BCUT2D eigenvalue weighted by atomic mass is 16.5. The summed E-state index contributed by atoms with van der Waals surface area (Å²) in [5.41, 5.74) is 6.78. The van der Waals surface area contributed by atoms with E-state index in [4.69, 9.17) is 9.84 Å². The maximum Gasteiger partial charge on any atom is 0.306 e. The lowest BCUT2D eigenvalue weighted by molar-refractivity contribution is -0.145. The standard InChI is InChI=1S/2C13H17N3O.C12H15N3O.C8H15NO2.C6H11NO2.7C2H6/c2*1-15-6-10(7-15)5-13(17)16-8-11-3-2-4-14-12(11)9-16;16-12(4-9-5-13-6-9)15-7-10-2-1-3-14-11(10)8-15;1-3-11-8(10)4-7-5-9(2)6-7;1-7-3-5(4-7)2-6(8)9;7*1-2/h2*2-4,10H,5-9H2,1H3;1-3,9,13H,4-8H2;7H,3-6H2,1-2H3;5H,2-4H2,1H3,(H,8,9);7*1-2H3. The lowest BCUT2D eigenvalue weighted by Gasteiger charge is -2.36. The second kappa shape index (κ2) is 45.9. The number of amides is 3. The van der Waals surface area contributed by atoms with Gasteiger partial charge in [-0.05, 0) is 113 Å². The van der Waals surface area contributed by atoms with Gasteiger partial charge in [0, 0.05) is 110 Å². The maximum absolute atomic E-state index is 12.1. The number of carboxylic acid groups (broad SMARTS) is 1. The van der Waals surface area contributed by atoms with Crippen LogP contribution >= 0.6 is 0 Å². The summed E-state index contributed by atoms with van der Waals surface area (Å²) in [5.74, 6) is 2.72. The molecule has 3 amide bonds. The van der Waals surface area contributed by atoms with Crippen LogP contribution in [0.5, 0.6) is 0 Å². The first kappa shape index (κ1) is 78.6. The van der Waals surface area contributed by atoms with Crippen molar-refractivity contribution < 1.29 is 33.8 Å². The Labute approximate surface area is 509 Å². The third kappa shape index (κ3) is 28.2. The summed E-state index contributed by atoms with van der Waals surface area (Å²) in [4.78, 5) is 84.7. The van der Waals surface area contributed by atoms with Gasteiger partial charge in [0.2, 0.25) is 17.7 Å². The van der Waals surface area contributed by atoms with Gasteiger partial charge in [0.15, 0.2) is 0 Å². The highest BCUT2D eigenvalue weighted by molar-refractivity contribution is 5.78. The van der Waals surface area contributed by atoms with E-state index in [9.17, 15) is 24.0 Å². The van der Waals surface area contributed by atoms with Crippen molar-refractivity contribution in [1.29, 1.82) is 0 Å². The topological polar surface area (TPSA) is 188 Å². The Morgan fingerprint density at radius 1 is 0.440 bits per heavy atom. The molecular weight excluding hydrogens is 1060 g/mol. The normalized spacial score (nSPS) is 17.2. The number of nitrogens with zero attached hydrogens (tertiary/aromatic N) is 10. The molecule has 3 aromatic heterocycles. The number of nitrogens with one attached hydrogen (secondary N) is 1. The van der Waals surface area contributed by atoms with Gasteiger partial charge in [-0.15, -0.1) is 0 Å². The van der Waals surface area contributed by atoms with Crippen molar-refractivity contribution in [1.82, 2.24) is 54.6 Å². The molecule has 0 bridgehead atoms. The number of carbonyl (C=O) groups is 5. The molecule has 0 unspecified atom stereocenters. The van der Waals surface area contributed by atoms with Crippen molar-refractivity contribution in [2.75, 3.05) is 100 Å². The number of esters is 1. The highest BCUT2D eigenvalue weighted by Gasteiger charge is 2.33. The molecule has 0 aliphatic carbocycles. The van der Waals surface area contributed by atoms with Crippen LogP contribution in [0.3, 0.4) is 0 Å². The van der Waals surface area contributed by atoms with Gasteiger partial charge in [-0.1, -0.05) is 115 Å². The van der Waals surface area contributed by atoms with E-state index in [0.29, 0.717) is 87.9 Å². The van der Waals surface area contributed by atoms with Gasteiger partial charge in [0.1, 0.15) is 0 Å². The molecule has 478 valence electrons. The Morgan fingerprint density at radius 3 is 0.952 bits per heavy atom. The Bertz CT molecular complexity index is 2090. The number of carboxylic acids is 1. The Kier molecular flexibility index (Phi) is 42.9. The smallest absolute Gasteiger partial charge is 0.306 e. The second-order valence-corrected chi connectivity index (χ2v) is 20.7. The minimum Gasteiger partial charge on any atom is -0.481 e. The number of carbonyl (C=O) groups excluding carboxylic acids is 4. The molecule has 84 heavy (non-hydrogen) atoms. The molecule has 2 N–H and O–H groups in total. The summed E-state index contributed by atoms with van der Waals surface area (Å²) >= 11 is 0. The van der Waals surface area contributed by atoms with Crippen LogP contribution in [-0.4, -0.2) is 184 Å². The van der Waals surface area contributed by atoms with Crippen LogP contribution < -0.4 is 5.32 Å². The minimum absolute atomic E-state index is 0.0504. The molecule has 18 heteroatoms. The fourth-order valence-corrected chi connectivity index (χ4v) is 10.3. The zero-order chi connectivity index (χ0) is 63.7. The van der Waals surface area contributed by atoms with E-state index in [2.05, 4.69) is 79.2 Å². The van der Waals surface area contributed by atoms with E-state index in [1.165, 1.54) is 16.7 Å². The van der Waals surface area contributed by atoms with Crippen LogP contribution in [0.1, 0.15) is 170 Å². The number of pyridine rings is 3. The molecule has 18 nitrogen and oxygen atoms in total. The second-order valence-electron chi connectivity index (χ2n) is 20.7. The van der Waals surface area contributed by atoms with Gasteiger partial charge < -0.3 is 49.5 Å². The SMILES string of the molecule is CC.CC.CC.CC.CC.CC.CC.CCOC(=O)CC1CN(C)C1.CN1CC(CC(=O)N2Cc3cccnc3C2)C1.CN1CC(CC(=O)N2Cc3cccnc3C2)C1.CN1CC(CC(=O)O)C1.O=C(CC1CNC1)N1Cc2cccnc2C1. The van der Waals surface area contributed by atoms with Gasteiger partial charge in [-0.3, -0.25) is 38.9 Å². The predicted octanol–water partition coefficient (Wildman–Crippen LogP) is 9.99. The monoisotopic (exact) mass is 1180 g/mol. The van der Waals surface area contributed by atoms with Crippen LogP contribution in [0.15, 0.2) is 55.0 Å². The Hall–Kier alpha value is -5.40. The van der Waals surface area contributed by atoms with Gasteiger partial charge in [0.25, 0.3) is 0 Å². The summed E-state index contributed by atoms with van der Waals surface area (Å²) in [5, 5.41) is 11.5. The average Bonchev–Trinajstić information content (AvgIpc) is 4.29. The van der Waals surface area contributed by atoms with E-state index in [-0.39, 0.29) is 23.7 Å². The van der Waals surface area contributed by atoms with Crippen LogP contribution in [0, 0.1) is 29.6 Å². The first-order valence-electron chi connectivity index (χ1n) is 32.1. The molecular formula is C66H117N11O7. The number of aliphatic carboxylic acids is 1. The van der Waals surface area contributed by atoms with Gasteiger partial charge >= 0.3 is 11.9 Å². The van der Waals surface area contributed by atoms with Crippen molar-refractivity contribution in [3.8, 4) is 0 Å². The van der Waals surface area contributed by atoms with E-state index in [1.54, 1.807) is 18.6 Å². The summed E-state index contributed by atoms with van der Waals surface area (Å²) in [6, 6.07) is 12.0. The zero-order valence-electron chi connectivity index (χ0n) is 56.0. The summed E-state index contributed by atoms with van der Waals surface area (Å²) in [7, 11) is 8.24. The first-order chi connectivity index (χ1) is 40.7. The number of rotatable bonds is 11. The summed E-state index contributed by atoms with van der Waals surface area (Å²) < 4.78 is 4.83. The molecule has 8 aliphatic heterocycles. The van der Waals surface area contributed by atoms with E-state index in [0.717, 1.165) is 102 Å². The molecule has 11 heterocycles. The molecule has 5 saturated heterocycles. The van der Waals surface area contributed by atoms with Crippen LogP contribution in [0.4, 0.5) is 0 Å². The number of hydrogen-bond donors (Lipinski definition) is 2. The molecule has 0 aromatic carbocycles. The first-order valence-corrected chi connectivity index (χ1v) is 32.1. The third-order valence-electron chi connectivity index (χ3n) is 14.2. The lowest BCUT2D eigenvalue weighted by Crippen LogP contribution is -2.45. The molecule has 3 aromatic rings. The van der Waals surface area contributed by atoms with Crippen molar-refractivity contribution >= 4 is 29.7 Å². The molecule has 0 saturated carbocycles. The number of ether oxygens (including phenoxy) is 1. The van der Waals surface area contributed by atoms with Crippen LogP contribution in [-0.2, 0) is 68.0 Å². The lowest BCUT2D eigenvalue weighted by atomic mass is 9.96. The fraction of sp³-hybridized carbons (Fsp3) is 0.697. The molecule has 5 fully saturated rings. The maximum atomic E-state index is 12.1. The fourth-order valence-electron chi connectivity index (χ4n) is 10.3. The zero-order valence-corrected chi connectivity index (χ0v) is 56.0. The Morgan fingerprint density at radius 2 is 0.714 bits per heavy atom. The van der Waals surface area contributed by atoms with Crippen molar-refractivity contribution in [2.24, 2.45) is 29.6 Å². The van der Waals surface area contributed by atoms with E-state index < -0.39 is 5.97 Å². The number of hydrogen-bond acceptors (Lipinski definition) is 14. The van der Waals surface area contributed by atoms with Gasteiger partial charge in [0.05, 0.1) is 56.2 Å². The minimum atomic E-state index is -0.673. The summed E-state index contributed by atoms with van der Waals surface area (Å²) in [6.07, 6.45) is 8.39. The van der Waals surface area contributed by atoms with Crippen molar-refractivity contribution in [3.63, 3.8) is 0 Å². The van der Waals surface area contributed by atoms with Crippen LogP contribution in [0.25, 0.3) is 0 Å². The number of fused-ring (bicyclic) bond motifs is 3. The molecule has 0 atom stereocenters. The summed E-state index contributed by atoms with van der Waals surface area (Å²) in [6.45, 7) is 44.8. The average molecular weight is 1180 g/mol. The molecule has 0 radical (unpaired) electrons. The number of likely N-dealkylation sites (tertiary alicyclic amines) is 4. The predicted molar refractivity (Wildman–Crippen MR) is 343 cm³/mol. The van der Waals surface area contributed by atoms with Crippen molar-refractivity contribution in [2.45, 2.75) is 175 Å². The largest absolute Gasteiger partial charge is 0.481 e. The van der Waals surface area contributed by atoms with Crippen LogP contribution in [0.2, 0.25) is 0 Å². The quantitative estimate of drug-likeness (QED) is 0.173. The van der Waals surface area contributed by atoms with E-state index >= 15 is 0 Å². The molecule has 11 rings (SSSR count). The Balaban J connectivity index is 0.000000986. The number of aromatic nitrogens is 3. The molecule has 8 aliphatic rings. The van der Waals surface area contributed by atoms with Crippen molar-refractivity contribution in [3.05, 3.63) is 88.8 Å². The third-order valence-corrected chi connectivity index (χ3v) is 14.2. The van der Waals surface area contributed by atoms with Gasteiger partial charge in [-0.2, -0.15) is 0 Å². The van der Waals surface area contributed by atoms with Gasteiger partial charge in [-0.25, -0.2) is 0 Å². The highest BCUT2D eigenvalue weighted by Crippen LogP contribution is 2.27. The molecule has 0 spiro atoms.